The number of hydrogen-bond donors (Lipinski definition) is 1. The fraction of sp³-hybridized carbons (Fsp3) is 0.208. The first-order valence-corrected chi connectivity index (χ1v) is 9.85. The third kappa shape index (κ3) is 4.17. The molecule has 2 aromatic heterocycles. The predicted octanol–water partition coefficient (Wildman–Crippen LogP) is 4.35. The van der Waals surface area contributed by atoms with E-state index in [2.05, 4.69) is 15.3 Å². The molecule has 0 bridgehead atoms. The Kier molecular flexibility index (Phi) is 5.48. The molecule has 2 aromatic carbocycles. The zero-order chi connectivity index (χ0) is 21.1. The van der Waals surface area contributed by atoms with Crippen molar-refractivity contribution in [2.45, 2.75) is 26.9 Å². The molecule has 4 rings (SSSR count). The van der Waals surface area contributed by atoms with E-state index in [1.54, 1.807) is 6.20 Å². The van der Waals surface area contributed by atoms with Crippen molar-refractivity contribution in [1.82, 2.24) is 14.5 Å². The Balaban J connectivity index is 1.41. The largest absolute Gasteiger partial charge is 0.486 e. The molecule has 0 unspecified atom stereocenters. The first kappa shape index (κ1) is 19.6. The molecule has 6 nitrogen and oxygen atoms in total. The number of imidazole rings is 1. The van der Waals surface area contributed by atoms with Gasteiger partial charge in [0.2, 0.25) is 5.91 Å². The molecule has 152 valence electrons. The van der Waals surface area contributed by atoms with Crippen molar-refractivity contribution in [1.29, 1.82) is 0 Å². The second-order valence-electron chi connectivity index (χ2n) is 7.31. The maximum atomic E-state index is 12.6. The van der Waals surface area contributed by atoms with Crippen LogP contribution in [-0.4, -0.2) is 20.4 Å². The molecule has 0 aliphatic rings. The molecule has 1 amide bonds. The van der Waals surface area contributed by atoms with E-state index in [9.17, 15) is 4.79 Å². The van der Waals surface area contributed by atoms with Crippen molar-refractivity contribution >= 4 is 22.5 Å². The van der Waals surface area contributed by atoms with Gasteiger partial charge in [0.25, 0.3) is 0 Å². The van der Waals surface area contributed by atoms with Gasteiger partial charge in [-0.05, 0) is 55.3 Å². The number of carbonyl (C=O) groups is 1. The number of ether oxygens (including phenoxy) is 1. The van der Waals surface area contributed by atoms with Crippen LogP contribution in [-0.2, 0) is 24.9 Å². The van der Waals surface area contributed by atoms with Crippen molar-refractivity contribution in [2.75, 3.05) is 5.32 Å². The fourth-order valence-electron chi connectivity index (χ4n) is 3.51. The number of benzene rings is 2. The first-order chi connectivity index (χ1) is 14.5. The average Bonchev–Trinajstić information content (AvgIpc) is 3.15. The zero-order valence-electron chi connectivity index (χ0n) is 17.3. The summed E-state index contributed by atoms with van der Waals surface area (Å²) in [6, 6.07) is 15.4. The van der Waals surface area contributed by atoms with Crippen LogP contribution in [0.15, 0.2) is 60.9 Å². The van der Waals surface area contributed by atoms with E-state index in [4.69, 9.17) is 4.74 Å². The van der Waals surface area contributed by atoms with Gasteiger partial charge in [0, 0.05) is 36.2 Å². The number of anilines is 1. The van der Waals surface area contributed by atoms with Crippen molar-refractivity contribution in [2.24, 2.45) is 7.05 Å². The van der Waals surface area contributed by atoms with Crippen molar-refractivity contribution < 1.29 is 9.53 Å². The fourth-order valence-corrected chi connectivity index (χ4v) is 3.51. The van der Waals surface area contributed by atoms with Crippen molar-refractivity contribution in [3.8, 4) is 5.75 Å². The minimum absolute atomic E-state index is 0.0695. The summed E-state index contributed by atoms with van der Waals surface area (Å²) in [6.07, 6.45) is 3.91. The van der Waals surface area contributed by atoms with Gasteiger partial charge in [0.15, 0.2) is 0 Å². The summed E-state index contributed by atoms with van der Waals surface area (Å²) in [5.41, 5.74) is 4.65. The second kappa shape index (κ2) is 8.37. The molecule has 0 saturated heterocycles. The van der Waals surface area contributed by atoms with E-state index in [0.29, 0.717) is 6.61 Å². The predicted molar refractivity (Wildman–Crippen MR) is 118 cm³/mol. The molecule has 6 heteroatoms. The molecule has 0 fully saturated rings. The molecule has 0 atom stereocenters. The Morgan fingerprint density at radius 1 is 1.10 bits per heavy atom. The third-order valence-corrected chi connectivity index (χ3v) is 5.25. The minimum atomic E-state index is -0.0695. The molecule has 0 aliphatic heterocycles. The summed E-state index contributed by atoms with van der Waals surface area (Å²) in [6.45, 7) is 4.39. The second-order valence-corrected chi connectivity index (χ2v) is 7.31. The molecular weight excluding hydrogens is 376 g/mol. The van der Waals surface area contributed by atoms with Gasteiger partial charge in [0.1, 0.15) is 18.2 Å². The maximum Gasteiger partial charge on any atom is 0.228 e. The average molecular weight is 400 g/mol. The number of carbonyl (C=O) groups excluding carboxylic acids is 1. The number of para-hydroxylation sites is 1. The molecule has 1 N–H and O–H groups in total. The highest BCUT2D eigenvalue weighted by atomic mass is 16.5. The lowest BCUT2D eigenvalue weighted by atomic mass is 9.99. The summed E-state index contributed by atoms with van der Waals surface area (Å²) in [5.74, 6) is 1.50. The summed E-state index contributed by atoms with van der Waals surface area (Å²) >= 11 is 0. The minimum Gasteiger partial charge on any atom is -0.486 e. The van der Waals surface area contributed by atoms with Crippen LogP contribution in [0.25, 0.3) is 10.9 Å². The van der Waals surface area contributed by atoms with Crippen LogP contribution in [0.1, 0.15) is 22.6 Å². The smallest absolute Gasteiger partial charge is 0.228 e. The van der Waals surface area contributed by atoms with Gasteiger partial charge >= 0.3 is 0 Å². The molecule has 2 heterocycles. The number of fused-ring (bicyclic) bond motifs is 1. The van der Waals surface area contributed by atoms with Crippen LogP contribution in [0, 0.1) is 13.8 Å². The SMILES string of the molecule is Cc1nc2ccccc2c(C)c1CC(=O)Nc1ccc(OCc2nccn2C)cc1. The van der Waals surface area contributed by atoms with Gasteiger partial charge in [-0.3, -0.25) is 9.78 Å². The number of nitrogens with zero attached hydrogens (tertiary/aromatic N) is 3. The molecule has 0 radical (unpaired) electrons. The van der Waals surface area contributed by atoms with Gasteiger partial charge in [0.05, 0.1) is 11.9 Å². The van der Waals surface area contributed by atoms with Crippen LogP contribution >= 0.6 is 0 Å². The van der Waals surface area contributed by atoms with Crippen molar-refractivity contribution in [3.05, 3.63) is 83.6 Å². The first-order valence-electron chi connectivity index (χ1n) is 9.85. The summed E-state index contributed by atoms with van der Waals surface area (Å²) in [7, 11) is 1.93. The summed E-state index contributed by atoms with van der Waals surface area (Å²) in [4.78, 5) is 21.5. The number of aromatic nitrogens is 3. The summed E-state index contributed by atoms with van der Waals surface area (Å²) < 4.78 is 7.67. The third-order valence-electron chi connectivity index (χ3n) is 5.25. The number of aryl methyl sites for hydroxylation is 3. The van der Waals surface area contributed by atoms with Crippen LogP contribution < -0.4 is 10.1 Å². The van der Waals surface area contributed by atoms with E-state index in [0.717, 1.165) is 45.0 Å². The van der Waals surface area contributed by atoms with Gasteiger partial charge < -0.3 is 14.6 Å². The van der Waals surface area contributed by atoms with Crippen LogP contribution in [0.4, 0.5) is 5.69 Å². The number of nitrogens with one attached hydrogen (secondary N) is 1. The lowest BCUT2D eigenvalue weighted by molar-refractivity contribution is -0.115. The standard InChI is InChI=1S/C24H24N4O2/c1-16-20-6-4-5-7-22(20)26-17(2)21(16)14-24(29)27-18-8-10-19(11-9-18)30-15-23-25-12-13-28(23)3/h4-13H,14-15H2,1-3H3,(H,27,29). The van der Waals surface area contributed by atoms with E-state index in [1.165, 1.54) is 0 Å². The van der Waals surface area contributed by atoms with E-state index < -0.39 is 0 Å². The molecule has 4 aromatic rings. The Hall–Kier alpha value is -3.67. The molecular formula is C24H24N4O2. The van der Waals surface area contributed by atoms with Gasteiger partial charge in [-0.2, -0.15) is 0 Å². The van der Waals surface area contributed by atoms with Gasteiger partial charge in [-0.15, -0.1) is 0 Å². The quantitative estimate of drug-likeness (QED) is 0.523. The molecule has 0 saturated carbocycles. The molecule has 0 aliphatic carbocycles. The highest BCUT2D eigenvalue weighted by Crippen LogP contribution is 2.23. The molecule has 30 heavy (non-hydrogen) atoms. The number of hydrogen-bond acceptors (Lipinski definition) is 4. The van der Waals surface area contributed by atoms with Crippen molar-refractivity contribution in [3.63, 3.8) is 0 Å². The van der Waals surface area contributed by atoms with E-state index in [1.807, 2.05) is 80.2 Å². The van der Waals surface area contributed by atoms with Crippen LogP contribution in [0.5, 0.6) is 5.75 Å². The number of pyridine rings is 1. The highest BCUT2D eigenvalue weighted by Gasteiger charge is 2.13. The Bertz CT molecular complexity index is 1200. The Morgan fingerprint density at radius 2 is 1.87 bits per heavy atom. The van der Waals surface area contributed by atoms with Crippen LogP contribution in [0.2, 0.25) is 0 Å². The number of amides is 1. The monoisotopic (exact) mass is 400 g/mol. The summed E-state index contributed by atoms with van der Waals surface area (Å²) in [5, 5.41) is 4.04. The maximum absolute atomic E-state index is 12.6. The topological polar surface area (TPSA) is 69.0 Å². The van der Waals surface area contributed by atoms with Gasteiger partial charge in [-0.1, -0.05) is 18.2 Å². The number of rotatable bonds is 6. The van der Waals surface area contributed by atoms with E-state index in [-0.39, 0.29) is 12.3 Å². The van der Waals surface area contributed by atoms with E-state index >= 15 is 0 Å². The lowest BCUT2D eigenvalue weighted by Crippen LogP contribution is -2.16. The normalized spacial score (nSPS) is 10.9. The lowest BCUT2D eigenvalue weighted by Gasteiger charge is -2.13. The Labute approximate surface area is 175 Å². The molecule has 0 spiro atoms. The Morgan fingerprint density at radius 3 is 2.60 bits per heavy atom. The zero-order valence-corrected chi connectivity index (χ0v) is 17.3. The van der Waals surface area contributed by atoms with Crippen LogP contribution in [0.3, 0.4) is 0 Å². The highest BCUT2D eigenvalue weighted by molar-refractivity contribution is 5.94. The van der Waals surface area contributed by atoms with Gasteiger partial charge in [-0.25, -0.2) is 4.98 Å².